The molecule has 1 aliphatic carbocycles. The summed E-state index contributed by atoms with van der Waals surface area (Å²) in [4.78, 5) is 11.9. The Morgan fingerprint density at radius 1 is 1.35 bits per heavy atom. The molecule has 0 fully saturated rings. The van der Waals surface area contributed by atoms with Gasteiger partial charge in [-0.1, -0.05) is 6.92 Å². The van der Waals surface area contributed by atoms with Gasteiger partial charge in [0.25, 0.3) is 5.91 Å². The minimum Gasteiger partial charge on any atom is -0.349 e. The number of hydrogen-bond donors (Lipinski definition) is 3. The van der Waals surface area contributed by atoms with Crippen LogP contribution in [0, 0.1) is 0 Å². The van der Waals surface area contributed by atoms with Gasteiger partial charge in [-0.2, -0.15) is 5.10 Å². The van der Waals surface area contributed by atoms with Gasteiger partial charge in [0.15, 0.2) is 5.69 Å². The van der Waals surface area contributed by atoms with E-state index >= 15 is 0 Å². The van der Waals surface area contributed by atoms with Gasteiger partial charge in [0.2, 0.25) is 0 Å². The predicted octanol–water partition coefficient (Wildman–Crippen LogP) is 0.628. The second-order valence-corrected chi connectivity index (χ2v) is 4.39. The van der Waals surface area contributed by atoms with Gasteiger partial charge in [-0.25, -0.2) is 0 Å². The van der Waals surface area contributed by atoms with Gasteiger partial charge in [0, 0.05) is 24.3 Å². The highest BCUT2D eigenvalue weighted by Crippen LogP contribution is 2.22. The number of rotatable bonds is 6. The van der Waals surface area contributed by atoms with Crippen molar-refractivity contribution in [2.24, 2.45) is 0 Å². The molecule has 17 heavy (non-hydrogen) atoms. The second kappa shape index (κ2) is 5.82. The summed E-state index contributed by atoms with van der Waals surface area (Å²) in [6.45, 7) is 4.58. The minimum atomic E-state index is -0.0531. The number of aromatic nitrogens is 2. The number of fused-ring (bicyclic) bond motifs is 1. The fourth-order valence-corrected chi connectivity index (χ4v) is 2.16. The monoisotopic (exact) mass is 236 g/mol. The summed E-state index contributed by atoms with van der Waals surface area (Å²) in [6, 6.07) is 0. The summed E-state index contributed by atoms with van der Waals surface area (Å²) in [5.74, 6) is -0.0531. The van der Waals surface area contributed by atoms with E-state index in [1.807, 2.05) is 0 Å². The first-order valence-electron chi connectivity index (χ1n) is 6.38. The first kappa shape index (κ1) is 12.1. The van der Waals surface area contributed by atoms with Crippen LogP contribution in [0.1, 0.15) is 41.5 Å². The summed E-state index contributed by atoms with van der Waals surface area (Å²) in [7, 11) is 0. The zero-order valence-electron chi connectivity index (χ0n) is 10.3. The number of amides is 1. The molecule has 0 aliphatic heterocycles. The van der Waals surface area contributed by atoms with Gasteiger partial charge in [-0.3, -0.25) is 9.89 Å². The van der Waals surface area contributed by atoms with E-state index in [-0.39, 0.29) is 5.91 Å². The molecule has 0 unspecified atom stereocenters. The van der Waals surface area contributed by atoms with E-state index in [1.165, 1.54) is 0 Å². The van der Waals surface area contributed by atoms with Crippen LogP contribution in [0.25, 0.3) is 0 Å². The zero-order valence-corrected chi connectivity index (χ0v) is 10.3. The average Bonchev–Trinajstić information content (AvgIpc) is 2.90. The van der Waals surface area contributed by atoms with Crippen molar-refractivity contribution in [3.8, 4) is 0 Å². The van der Waals surface area contributed by atoms with Crippen LogP contribution in [0.5, 0.6) is 0 Å². The maximum atomic E-state index is 11.9. The molecule has 0 saturated carbocycles. The summed E-state index contributed by atoms with van der Waals surface area (Å²) in [5.41, 5.74) is 2.84. The molecule has 1 aromatic rings. The summed E-state index contributed by atoms with van der Waals surface area (Å²) < 4.78 is 0. The van der Waals surface area contributed by atoms with E-state index < -0.39 is 0 Å². The van der Waals surface area contributed by atoms with Gasteiger partial charge in [0.1, 0.15) is 0 Å². The molecule has 1 amide bonds. The van der Waals surface area contributed by atoms with Crippen LogP contribution < -0.4 is 10.6 Å². The molecule has 5 heteroatoms. The molecular weight excluding hydrogens is 216 g/mol. The highest BCUT2D eigenvalue weighted by molar-refractivity contribution is 5.94. The molecule has 0 aromatic carbocycles. The van der Waals surface area contributed by atoms with Crippen molar-refractivity contribution in [2.45, 2.75) is 32.6 Å². The Bertz CT molecular complexity index is 386. The molecule has 2 rings (SSSR count). The highest BCUT2D eigenvalue weighted by atomic mass is 16.1. The molecular formula is C12H20N4O. The predicted molar refractivity (Wildman–Crippen MR) is 66.1 cm³/mol. The van der Waals surface area contributed by atoms with Gasteiger partial charge in [0.05, 0.1) is 0 Å². The summed E-state index contributed by atoms with van der Waals surface area (Å²) >= 11 is 0. The Hall–Kier alpha value is -1.36. The average molecular weight is 236 g/mol. The van der Waals surface area contributed by atoms with Crippen molar-refractivity contribution in [2.75, 3.05) is 19.6 Å². The molecule has 1 heterocycles. The Morgan fingerprint density at radius 3 is 3.06 bits per heavy atom. The third-order valence-corrected chi connectivity index (χ3v) is 3.04. The number of nitrogens with one attached hydrogen (secondary N) is 3. The van der Waals surface area contributed by atoms with Crippen molar-refractivity contribution >= 4 is 5.91 Å². The molecule has 3 N–H and O–H groups in total. The first-order valence-corrected chi connectivity index (χ1v) is 6.38. The zero-order chi connectivity index (χ0) is 12.1. The van der Waals surface area contributed by atoms with E-state index in [9.17, 15) is 4.79 Å². The van der Waals surface area contributed by atoms with E-state index in [1.54, 1.807) is 0 Å². The van der Waals surface area contributed by atoms with Gasteiger partial charge >= 0.3 is 0 Å². The number of nitrogens with zero attached hydrogens (tertiary/aromatic N) is 1. The van der Waals surface area contributed by atoms with Crippen molar-refractivity contribution in [3.05, 3.63) is 17.0 Å². The van der Waals surface area contributed by atoms with Crippen LogP contribution in [-0.4, -0.2) is 35.7 Å². The minimum absolute atomic E-state index is 0.0531. The SMILES string of the molecule is CCCNCCNC(=O)c1n[nH]c2c1CCC2. The van der Waals surface area contributed by atoms with Crippen LogP contribution >= 0.6 is 0 Å². The lowest BCUT2D eigenvalue weighted by Gasteiger charge is -2.05. The van der Waals surface area contributed by atoms with Crippen molar-refractivity contribution in [1.82, 2.24) is 20.8 Å². The fourth-order valence-electron chi connectivity index (χ4n) is 2.16. The molecule has 0 radical (unpaired) electrons. The Labute approximate surface area is 101 Å². The van der Waals surface area contributed by atoms with Crippen LogP contribution in [0.3, 0.4) is 0 Å². The van der Waals surface area contributed by atoms with Crippen LogP contribution in [0.4, 0.5) is 0 Å². The Kier molecular flexibility index (Phi) is 4.14. The van der Waals surface area contributed by atoms with E-state index in [4.69, 9.17) is 0 Å². The van der Waals surface area contributed by atoms with Gasteiger partial charge in [-0.15, -0.1) is 0 Å². The largest absolute Gasteiger partial charge is 0.349 e. The van der Waals surface area contributed by atoms with Crippen molar-refractivity contribution < 1.29 is 4.79 Å². The number of aromatic amines is 1. The Morgan fingerprint density at radius 2 is 2.24 bits per heavy atom. The lowest BCUT2D eigenvalue weighted by Crippen LogP contribution is -2.32. The fraction of sp³-hybridized carbons (Fsp3) is 0.667. The van der Waals surface area contributed by atoms with Crippen molar-refractivity contribution in [1.29, 1.82) is 0 Å². The Balaban J connectivity index is 1.79. The number of carbonyl (C=O) groups excluding carboxylic acids is 1. The molecule has 5 nitrogen and oxygen atoms in total. The van der Waals surface area contributed by atoms with Gasteiger partial charge in [-0.05, 0) is 32.2 Å². The maximum absolute atomic E-state index is 11.9. The maximum Gasteiger partial charge on any atom is 0.272 e. The van der Waals surface area contributed by atoms with E-state index in [0.717, 1.165) is 50.0 Å². The molecule has 0 spiro atoms. The number of aryl methyl sites for hydroxylation is 1. The quantitative estimate of drug-likeness (QED) is 0.634. The standard InChI is InChI=1S/C12H20N4O/c1-2-6-13-7-8-14-12(17)11-9-4-3-5-10(9)15-16-11/h13H,2-8H2,1H3,(H,14,17)(H,15,16). The normalized spacial score (nSPS) is 13.7. The topological polar surface area (TPSA) is 69.8 Å². The lowest BCUT2D eigenvalue weighted by atomic mass is 10.2. The van der Waals surface area contributed by atoms with Crippen molar-refractivity contribution in [3.63, 3.8) is 0 Å². The third-order valence-electron chi connectivity index (χ3n) is 3.04. The van der Waals surface area contributed by atoms with Crippen LogP contribution in [-0.2, 0) is 12.8 Å². The summed E-state index contributed by atoms with van der Waals surface area (Å²) in [5, 5.41) is 13.2. The van der Waals surface area contributed by atoms with Crippen LogP contribution in [0.2, 0.25) is 0 Å². The third kappa shape index (κ3) is 2.85. The molecule has 0 bridgehead atoms. The molecule has 0 atom stereocenters. The number of hydrogen-bond acceptors (Lipinski definition) is 3. The molecule has 94 valence electrons. The number of H-pyrrole nitrogens is 1. The van der Waals surface area contributed by atoms with E-state index in [0.29, 0.717) is 12.2 Å². The second-order valence-electron chi connectivity index (χ2n) is 4.39. The lowest BCUT2D eigenvalue weighted by molar-refractivity contribution is 0.0948. The summed E-state index contributed by atoms with van der Waals surface area (Å²) in [6.07, 6.45) is 4.24. The first-order chi connectivity index (χ1) is 8.33. The van der Waals surface area contributed by atoms with Crippen LogP contribution in [0.15, 0.2) is 0 Å². The molecule has 0 saturated heterocycles. The van der Waals surface area contributed by atoms with Gasteiger partial charge < -0.3 is 10.6 Å². The smallest absolute Gasteiger partial charge is 0.272 e. The molecule has 1 aromatic heterocycles. The van der Waals surface area contributed by atoms with E-state index in [2.05, 4.69) is 27.8 Å². The number of carbonyl (C=O) groups is 1. The highest BCUT2D eigenvalue weighted by Gasteiger charge is 2.22. The molecule has 1 aliphatic rings.